The van der Waals surface area contributed by atoms with Gasteiger partial charge in [-0.05, 0) is 73.9 Å². The van der Waals surface area contributed by atoms with Crippen molar-refractivity contribution in [3.05, 3.63) is 89.1 Å². The monoisotopic (exact) mass is 403 g/mol. The maximum atomic E-state index is 11.9. The van der Waals surface area contributed by atoms with Crippen LogP contribution in [-0.4, -0.2) is 28.2 Å². The zero-order valence-corrected chi connectivity index (χ0v) is 17.4. The molecule has 5 nitrogen and oxygen atoms in total. The number of fused-ring (bicyclic) bond motifs is 1. The maximum absolute atomic E-state index is 11.9. The number of ether oxygens (including phenoxy) is 1. The standard InChI is InChI=1S/C25H25NO4/c1-4-17(16-26-14-13-20-15-21(24(27)28)11-12-23(20)26)22(5-2)18-7-9-19(10-8-18)25(29)30-6-3/h4-5,7-15H,6,16H2,1-3H3,(H,27,28)/b17-4-,22-5+. The molecule has 0 spiro atoms. The van der Waals surface area contributed by atoms with E-state index in [-0.39, 0.29) is 11.5 Å². The summed E-state index contributed by atoms with van der Waals surface area (Å²) in [5.41, 5.74) is 5.01. The number of aromatic carboxylic acids is 1. The third-order valence-electron chi connectivity index (χ3n) is 5.05. The van der Waals surface area contributed by atoms with Crippen LogP contribution in [0.1, 0.15) is 47.1 Å². The SMILES string of the molecule is C/C=C(\C(=C/C)Cn1ccc2cc(C(=O)O)ccc21)c1ccc(C(=O)OCC)cc1. The molecule has 0 atom stereocenters. The summed E-state index contributed by atoms with van der Waals surface area (Å²) in [5, 5.41) is 10.1. The number of hydrogen-bond acceptors (Lipinski definition) is 3. The number of carboxylic acids is 1. The highest BCUT2D eigenvalue weighted by molar-refractivity contribution is 5.94. The Labute approximate surface area is 175 Å². The molecule has 0 saturated heterocycles. The number of aromatic nitrogens is 1. The van der Waals surface area contributed by atoms with Crippen LogP contribution in [0.15, 0.2) is 72.5 Å². The molecule has 3 aromatic rings. The summed E-state index contributed by atoms with van der Waals surface area (Å²) in [4.78, 5) is 23.1. The molecule has 1 heterocycles. The van der Waals surface area contributed by atoms with E-state index >= 15 is 0 Å². The number of nitrogens with zero attached hydrogens (tertiary/aromatic N) is 1. The van der Waals surface area contributed by atoms with E-state index in [4.69, 9.17) is 4.74 Å². The van der Waals surface area contributed by atoms with Crippen molar-refractivity contribution in [1.82, 2.24) is 4.57 Å². The Hall–Kier alpha value is -3.60. The van der Waals surface area contributed by atoms with Crippen LogP contribution in [-0.2, 0) is 11.3 Å². The lowest BCUT2D eigenvalue weighted by molar-refractivity contribution is 0.0526. The van der Waals surface area contributed by atoms with Gasteiger partial charge in [0.2, 0.25) is 0 Å². The van der Waals surface area contributed by atoms with Crippen molar-refractivity contribution in [2.24, 2.45) is 0 Å². The van der Waals surface area contributed by atoms with E-state index in [1.54, 1.807) is 31.2 Å². The molecule has 5 heteroatoms. The van der Waals surface area contributed by atoms with Gasteiger partial charge in [0.15, 0.2) is 0 Å². The third kappa shape index (κ3) is 4.35. The van der Waals surface area contributed by atoms with Crippen LogP contribution in [0.2, 0.25) is 0 Å². The highest BCUT2D eigenvalue weighted by Crippen LogP contribution is 2.27. The van der Waals surface area contributed by atoms with Gasteiger partial charge in [-0.15, -0.1) is 0 Å². The van der Waals surface area contributed by atoms with Gasteiger partial charge in [-0.3, -0.25) is 0 Å². The molecule has 0 aliphatic rings. The van der Waals surface area contributed by atoms with E-state index in [1.807, 2.05) is 44.3 Å². The first-order valence-corrected chi connectivity index (χ1v) is 9.90. The maximum Gasteiger partial charge on any atom is 0.338 e. The smallest absolute Gasteiger partial charge is 0.338 e. The minimum absolute atomic E-state index is 0.280. The molecule has 1 aromatic heterocycles. The van der Waals surface area contributed by atoms with Crippen LogP contribution in [0.4, 0.5) is 0 Å². The molecule has 2 aromatic carbocycles. The molecule has 0 unspecified atom stereocenters. The third-order valence-corrected chi connectivity index (χ3v) is 5.05. The molecule has 0 amide bonds. The normalized spacial score (nSPS) is 12.2. The summed E-state index contributed by atoms with van der Waals surface area (Å²) in [6, 6.07) is 14.5. The summed E-state index contributed by atoms with van der Waals surface area (Å²) in [6.45, 7) is 6.77. The van der Waals surface area contributed by atoms with Gasteiger partial charge in [-0.25, -0.2) is 9.59 Å². The average molecular weight is 403 g/mol. The highest BCUT2D eigenvalue weighted by atomic mass is 16.5. The first-order chi connectivity index (χ1) is 14.5. The average Bonchev–Trinajstić information content (AvgIpc) is 3.16. The number of benzene rings is 2. The van der Waals surface area contributed by atoms with Gasteiger partial charge < -0.3 is 14.4 Å². The lowest BCUT2D eigenvalue weighted by Gasteiger charge is -2.15. The van der Waals surface area contributed by atoms with Crippen LogP contribution < -0.4 is 0 Å². The highest BCUT2D eigenvalue weighted by Gasteiger charge is 2.12. The summed E-state index contributed by atoms with van der Waals surface area (Å²) in [5.74, 6) is -1.25. The van der Waals surface area contributed by atoms with Crippen molar-refractivity contribution >= 4 is 28.4 Å². The molecule has 30 heavy (non-hydrogen) atoms. The van der Waals surface area contributed by atoms with Crippen molar-refractivity contribution in [3.8, 4) is 0 Å². The second-order valence-corrected chi connectivity index (χ2v) is 6.84. The first-order valence-electron chi connectivity index (χ1n) is 9.90. The number of carbonyl (C=O) groups excluding carboxylic acids is 1. The molecule has 0 aliphatic heterocycles. The van der Waals surface area contributed by atoms with Crippen molar-refractivity contribution in [2.75, 3.05) is 6.61 Å². The zero-order valence-electron chi connectivity index (χ0n) is 17.4. The minimum Gasteiger partial charge on any atom is -0.478 e. The van der Waals surface area contributed by atoms with Crippen molar-refractivity contribution < 1.29 is 19.4 Å². The molecule has 3 rings (SSSR count). The number of rotatable bonds is 7. The van der Waals surface area contributed by atoms with E-state index in [9.17, 15) is 14.7 Å². The van der Waals surface area contributed by atoms with Gasteiger partial charge in [-0.2, -0.15) is 0 Å². The Morgan fingerprint density at radius 3 is 2.23 bits per heavy atom. The largest absolute Gasteiger partial charge is 0.478 e. The van der Waals surface area contributed by atoms with Crippen LogP contribution in [0.3, 0.4) is 0 Å². The van der Waals surface area contributed by atoms with Gasteiger partial charge >= 0.3 is 11.9 Å². The summed E-state index contributed by atoms with van der Waals surface area (Å²) < 4.78 is 7.16. The van der Waals surface area contributed by atoms with Crippen molar-refractivity contribution in [3.63, 3.8) is 0 Å². The number of carbonyl (C=O) groups is 2. The van der Waals surface area contributed by atoms with Crippen LogP contribution in [0.25, 0.3) is 16.5 Å². The molecular weight excluding hydrogens is 378 g/mol. The van der Waals surface area contributed by atoms with E-state index in [0.717, 1.165) is 27.6 Å². The molecule has 1 N–H and O–H groups in total. The Balaban J connectivity index is 1.87. The predicted molar refractivity (Wildman–Crippen MR) is 119 cm³/mol. The zero-order chi connectivity index (χ0) is 21.7. The lowest BCUT2D eigenvalue weighted by atomic mass is 9.96. The Kier molecular flexibility index (Phi) is 6.52. The Morgan fingerprint density at radius 1 is 0.967 bits per heavy atom. The lowest BCUT2D eigenvalue weighted by Crippen LogP contribution is -2.05. The first kappa shape index (κ1) is 21.1. The number of hydrogen-bond donors (Lipinski definition) is 1. The van der Waals surface area contributed by atoms with Gasteiger partial charge in [0.1, 0.15) is 0 Å². The van der Waals surface area contributed by atoms with E-state index in [2.05, 4.69) is 16.7 Å². The molecular formula is C25H25NO4. The Morgan fingerprint density at radius 2 is 1.63 bits per heavy atom. The minimum atomic E-state index is -0.929. The summed E-state index contributed by atoms with van der Waals surface area (Å²) >= 11 is 0. The molecule has 0 fully saturated rings. The molecule has 154 valence electrons. The van der Waals surface area contributed by atoms with Crippen LogP contribution >= 0.6 is 0 Å². The number of allylic oxidation sites excluding steroid dienone is 4. The Bertz CT molecular complexity index is 1130. The topological polar surface area (TPSA) is 68.5 Å². The number of esters is 1. The van der Waals surface area contributed by atoms with E-state index in [0.29, 0.717) is 18.7 Å². The van der Waals surface area contributed by atoms with Crippen LogP contribution in [0.5, 0.6) is 0 Å². The van der Waals surface area contributed by atoms with Crippen molar-refractivity contribution in [2.45, 2.75) is 27.3 Å². The molecule has 0 aliphatic carbocycles. The summed E-state index contributed by atoms with van der Waals surface area (Å²) in [7, 11) is 0. The van der Waals surface area contributed by atoms with Crippen LogP contribution in [0, 0.1) is 0 Å². The van der Waals surface area contributed by atoms with Gasteiger partial charge in [0.25, 0.3) is 0 Å². The van der Waals surface area contributed by atoms with Crippen molar-refractivity contribution in [1.29, 1.82) is 0 Å². The quantitative estimate of drug-likeness (QED) is 0.414. The van der Waals surface area contributed by atoms with E-state index in [1.165, 1.54) is 0 Å². The second-order valence-electron chi connectivity index (χ2n) is 6.84. The fourth-order valence-electron chi connectivity index (χ4n) is 3.52. The predicted octanol–water partition coefficient (Wildman–Crippen LogP) is 5.57. The number of carboxylic acid groups (broad SMARTS) is 1. The van der Waals surface area contributed by atoms with Gasteiger partial charge in [0.05, 0.1) is 17.7 Å². The fraction of sp³-hybridized carbons (Fsp3) is 0.200. The van der Waals surface area contributed by atoms with Gasteiger partial charge in [0, 0.05) is 23.6 Å². The second kappa shape index (κ2) is 9.27. The fourth-order valence-corrected chi connectivity index (χ4v) is 3.52. The molecule has 0 radical (unpaired) electrons. The van der Waals surface area contributed by atoms with Gasteiger partial charge in [-0.1, -0.05) is 24.3 Å². The summed E-state index contributed by atoms with van der Waals surface area (Å²) in [6.07, 6.45) is 6.10. The van der Waals surface area contributed by atoms with E-state index < -0.39 is 5.97 Å². The molecule has 0 saturated carbocycles. The molecule has 0 bridgehead atoms.